The fourth-order valence-electron chi connectivity index (χ4n) is 3.01. The second kappa shape index (κ2) is 5.39. The van der Waals surface area contributed by atoms with Crippen LogP contribution < -0.4 is 10.6 Å². The fourth-order valence-corrected chi connectivity index (χ4v) is 4.79. The monoisotopic (exact) mass is 316 g/mol. The van der Waals surface area contributed by atoms with Crippen molar-refractivity contribution >= 4 is 40.4 Å². The Labute approximate surface area is 132 Å². The highest BCUT2D eigenvalue weighted by molar-refractivity contribution is 8.00. The predicted molar refractivity (Wildman–Crippen MR) is 89.4 cm³/mol. The summed E-state index contributed by atoms with van der Waals surface area (Å²) in [4.78, 5) is 14.2. The highest BCUT2D eigenvalue weighted by Crippen LogP contribution is 2.38. The minimum Gasteiger partial charge on any atom is -0.378 e. The van der Waals surface area contributed by atoms with Crippen LogP contribution in [0.4, 0.5) is 11.4 Å². The van der Waals surface area contributed by atoms with E-state index in [2.05, 4.69) is 40.3 Å². The van der Waals surface area contributed by atoms with Gasteiger partial charge in [-0.25, -0.2) is 0 Å². The summed E-state index contributed by atoms with van der Waals surface area (Å²) in [6.07, 6.45) is 3.62. The molecule has 21 heavy (non-hydrogen) atoms. The van der Waals surface area contributed by atoms with Gasteiger partial charge in [-0.15, -0.1) is 23.1 Å². The quantitative estimate of drug-likeness (QED) is 0.869. The lowest BCUT2D eigenvalue weighted by molar-refractivity contribution is -0.113. The molecule has 0 fully saturated rings. The third-order valence-corrected chi connectivity index (χ3v) is 6.08. The van der Waals surface area contributed by atoms with Gasteiger partial charge in [-0.05, 0) is 54.5 Å². The zero-order valence-electron chi connectivity index (χ0n) is 11.5. The number of hydrogen-bond donors (Lipinski definition) is 2. The van der Waals surface area contributed by atoms with E-state index < -0.39 is 0 Å². The van der Waals surface area contributed by atoms with Crippen LogP contribution in [-0.2, 0) is 11.2 Å². The minimum absolute atomic E-state index is 0.0856. The Morgan fingerprint density at radius 1 is 1.29 bits per heavy atom. The van der Waals surface area contributed by atoms with Crippen LogP contribution in [0.25, 0.3) is 0 Å². The number of rotatable bonds is 2. The van der Waals surface area contributed by atoms with Crippen LogP contribution >= 0.6 is 23.1 Å². The van der Waals surface area contributed by atoms with Crippen molar-refractivity contribution < 1.29 is 4.79 Å². The number of anilines is 2. The summed E-state index contributed by atoms with van der Waals surface area (Å²) in [6, 6.07) is 8.90. The SMILES string of the molecule is O=C1CSc2ccc(NC3CCCc4sccc43)cc2N1. The maximum Gasteiger partial charge on any atom is 0.234 e. The normalized spacial score (nSPS) is 20.4. The predicted octanol–water partition coefficient (Wildman–Crippen LogP) is 4.28. The van der Waals surface area contributed by atoms with Crippen LogP contribution in [0, 0.1) is 0 Å². The molecule has 2 aromatic rings. The van der Waals surface area contributed by atoms with Gasteiger partial charge in [0.1, 0.15) is 0 Å². The van der Waals surface area contributed by atoms with E-state index in [0.717, 1.165) is 16.3 Å². The highest BCUT2D eigenvalue weighted by atomic mass is 32.2. The zero-order valence-corrected chi connectivity index (χ0v) is 13.2. The molecule has 0 radical (unpaired) electrons. The van der Waals surface area contributed by atoms with Gasteiger partial charge in [0, 0.05) is 15.5 Å². The largest absolute Gasteiger partial charge is 0.378 e. The summed E-state index contributed by atoms with van der Waals surface area (Å²) < 4.78 is 0. The first-order chi connectivity index (χ1) is 10.3. The number of thioether (sulfide) groups is 1. The summed E-state index contributed by atoms with van der Waals surface area (Å²) in [5.74, 6) is 0.600. The molecule has 1 aromatic heterocycles. The van der Waals surface area contributed by atoms with Crippen molar-refractivity contribution in [3.63, 3.8) is 0 Å². The van der Waals surface area contributed by atoms with Gasteiger partial charge in [0.05, 0.1) is 17.5 Å². The molecular formula is C16H16N2OS2. The smallest absolute Gasteiger partial charge is 0.234 e. The van der Waals surface area contributed by atoms with Gasteiger partial charge in [0.25, 0.3) is 0 Å². The number of fused-ring (bicyclic) bond motifs is 2. The number of nitrogens with one attached hydrogen (secondary N) is 2. The molecule has 3 nitrogen and oxygen atoms in total. The van der Waals surface area contributed by atoms with Crippen molar-refractivity contribution in [1.82, 2.24) is 0 Å². The van der Waals surface area contributed by atoms with Crippen molar-refractivity contribution in [3.05, 3.63) is 40.1 Å². The molecule has 0 saturated carbocycles. The molecule has 1 aliphatic heterocycles. The van der Waals surface area contributed by atoms with E-state index in [0.29, 0.717) is 11.8 Å². The molecule has 108 valence electrons. The van der Waals surface area contributed by atoms with Gasteiger partial charge in [-0.1, -0.05) is 0 Å². The van der Waals surface area contributed by atoms with E-state index in [4.69, 9.17) is 0 Å². The topological polar surface area (TPSA) is 41.1 Å². The van der Waals surface area contributed by atoms with E-state index in [1.165, 1.54) is 29.7 Å². The first-order valence-corrected chi connectivity index (χ1v) is 9.05. The maximum absolute atomic E-state index is 11.5. The Kier molecular flexibility index (Phi) is 3.39. The number of benzene rings is 1. The van der Waals surface area contributed by atoms with Crippen molar-refractivity contribution in [2.75, 3.05) is 16.4 Å². The fraction of sp³-hybridized carbons (Fsp3) is 0.312. The summed E-state index contributed by atoms with van der Waals surface area (Å²) >= 11 is 3.47. The van der Waals surface area contributed by atoms with Crippen LogP contribution in [0.2, 0.25) is 0 Å². The van der Waals surface area contributed by atoms with Gasteiger partial charge < -0.3 is 10.6 Å². The summed E-state index contributed by atoms with van der Waals surface area (Å²) in [5, 5.41) is 8.78. The Balaban J connectivity index is 1.59. The van der Waals surface area contributed by atoms with E-state index in [1.807, 2.05) is 11.3 Å². The van der Waals surface area contributed by atoms with Gasteiger partial charge in [-0.2, -0.15) is 0 Å². The number of carbonyl (C=O) groups excluding carboxylic acids is 1. The van der Waals surface area contributed by atoms with E-state index in [9.17, 15) is 4.79 Å². The third-order valence-electron chi connectivity index (χ3n) is 4.01. The summed E-state index contributed by atoms with van der Waals surface area (Å²) in [5.41, 5.74) is 3.46. The van der Waals surface area contributed by atoms with Crippen LogP contribution in [0.5, 0.6) is 0 Å². The molecule has 1 amide bonds. The van der Waals surface area contributed by atoms with Crippen molar-refractivity contribution in [2.45, 2.75) is 30.2 Å². The summed E-state index contributed by atoms with van der Waals surface area (Å²) in [7, 11) is 0. The lowest BCUT2D eigenvalue weighted by atomic mass is 9.94. The maximum atomic E-state index is 11.5. The lowest BCUT2D eigenvalue weighted by Gasteiger charge is -2.25. The van der Waals surface area contributed by atoms with Gasteiger partial charge in [0.2, 0.25) is 5.91 Å². The van der Waals surface area contributed by atoms with Gasteiger partial charge in [0.15, 0.2) is 0 Å². The molecule has 2 heterocycles. The third kappa shape index (κ3) is 2.56. The number of thiophene rings is 1. The standard InChI is InChI=1S/C16H16N2OS2/c19-16-9-21-15-5-4-10(8-13(15)18-16)17-12-2-1-3-14-11(12)6-7-20-14/h4-8,12,17H,1-3,9H2,(H,18,19). The molecule has 1 aliphatic carbocycles. The van der Waals surface area contributed by atoms with Crippen LogP contribution in [0.1, 0.15) is 29.3 Å². The molecule has 0 spiro atoms. The second-order valence-corrected chi connectivity index (χ2v) is 7.45. The van der Waals surface area contributed by atoms with Gasteiger partial charge >= 0.3 is 0 Å². The molecule has 5 heteroatoms. The average molecular weight is 316 g/mol. The van der Waals surface area contributed by atoms with E-state index in [-0.39, 0.29) is 5.91 Å². The molecule has 2 aliphatic rings. The number of hydrogen-bond acceptors (Lipinski definition) is 4. The van der Waals surface area contributed by atoms with E-state index >= 15 is 0 Å². The van der Waals surface area contributed by atoms with E-state index in [1.54, 1.807) is 11.8 Å². The first kappa shape index (κ1) is 13.2. The van der Waals surface area contributed by atoms with Crippen LogP contribution in [0.15, 0.2) is 34.5 Å². The first-order valence-electron chi connectivity index (χ1n) is 7.19. The van der Waals surface area contributed by atoms with Crippen molar-refractivity contribution in [1.29, 1.82) is 0 Å². The summed E-state index contributed by atoms with van der Waals surface area (Å²) in [6.45, 7) is 0. The average Bonchev–Trinajstić information content (AvgIpc) is 2.96. The molecule has 0 saturated heterocycles. The van der Waals surface area contributed by atoms with Crippen LogP contribution in [0.3, 0.4) is 0 Å². The molecule has 1 unspecified atom stereocenters. The second-order valence-electron chi connectivity index (χ2n) is 5.44. The molecule has 1 aromatic carbocycles. The number of aryl methyl sites for hydroxylation is 1. The number of amides is 1. The molecule has 4 rings (SSSR count). The molecule has 1 atom stereocenters. The Bertz CT molecular complexity index is 695. The Hall–Kier alpha value is -1.46. The lowest BCUT2D eigenvalue weighted by Crippen LogP contribution is -2.19. The Morgan fingerprint density at radius 3 is 3.19 bits per heavy atom. The van der Waals surface area contributed by atoms with Gasteiger partial charge in [-0.3, -0.25) is 4.79 Å². The van der Waals surface area contributed by atoms with Crippen molar-refractivity contribution in [2.24, 2.45) is 0 Å². The zero-order chi connectivity index (χ0) is 14.2. The minimum atomic E-state index is 0.0856. The Morgan fingerprint density at radius 2 is 2.24 bits per heavy atom. The molecule has 2 N–H and O–H groups in total. The number of carbonyl (C=O) groups is 1. The van der Waals surface area contributed by atoms with Crippen molar-refractivity contribution in [3.8, 4) is 0 Å². The highest BCUT2D eigenvalue weighted by Gasteiger charge is 2.22. The molecular weight excluding hydrogens is 300 g/mol. The molecule has 0 bridgehead atoms. The van der Waals surface area contributed by atoms with Crippen LogP contribution in [-0.4, -0.2) is 11.7 Å².